The molecule has 0 fully saturated rings. The Labute approximate surface area is 113 Å². The Morgan fingerprint density at radius 1 is 1.05 bits per heavy atom. The molecule has 5 nitrogen and oxygen atoms in total. The van der Waals surface area contributed by atoms with Crippen molar-refractivity contribution in [1.82, 2.24) is 19.6 Å². The molecule has 5 heteroatoms. The van der Waals surface area contributed by atoms with E-state index in [1.807, 2.05) is 28.9 Å². The van der Waals surface area contributed by atoms with E-state index in [4.69, 9.17) is 0 Å². The van der Waals surface area contributed by atoms with Crippen molar-refractivity contribution in [2.24, 2.45) is 0 Å². The second kappa shape index (κ2) is 4.03. The first kappa shape index (κ1) is 10.9. The second-order valence-corrected chi connectivity index (χ2v) is 4.60. The number of nitrogens with one attached hydrogen (secondary N) is 1. The minimum Gasteiger partial charge on any atom is -0.307 e. The van der Waals surface area contributed by atoms with Gasteiger partial charge in [0, 0.05) is 35.6 Å². The zero-order valence-electron chi connectivity index (χ0n) is 10.4. The fourth-order valence-electron chi connectivity index (χ4n) is 2.30. The number of fused-ring (bicyclic) bond motifs is 2. The van der Waals surface area contributed by atoms with Crippen molar-refractivity contribution in [1.29, 1.82) is 0 Å². The molecular formula is C15H10N4O. The molecule has 0 spiro atoms. The average Bonchev–Trinajstić information content (AvgIpc) is 2.94. The van der Waals surface area contributed by atoms with E-state index >= 15 is 0 Å². The van der Waals surface area contributed by atoms with Crippen molar-refractivity contribution in [3.8, 4) is 11.1 Å². The molecule has 4 rings (SSSR count). The molecule has 0 amide bonds. The van der Waals surface area contributed by atoms with Crippen LogP contribution in [0.4, 0.5) is 0 Å². The van der Waals surface area contributed by atoms with Crippen molar-refractivity contribution in [2.75, 3.05) is 0 Å². The molecule has 0 aliphatic carbocycles. The van der Waals surface area contributed by atoms with Crippen molar-refractivity contribution in [2.45, 2.75) is 0 Å². The SMILES string of the molecule is O=c1ccc2cc(-c3ccn4nccc4c3)cnc2[nH]1. The average molecular weight is 262 g/mol. The molecule has 4 aromatic rings. The number of pyridine rings is 3. The van der Waals surface area contributed by atoms with E-state index in [0.29, 0.717) is 5.65 Å². The van der Waals surface area contributed by atoms with Gasteiger partial charge in [-0.1, -0.05) is 0 Å². The van der Waals surface area contributed by atoms with Crippen LogP contribution in [0.2, 0.25) is 0 Å². The molecule has 1 N–H and O–H groups in total. The molecule has 20 heavy (non-hydrogen) atoms. The van der Waals surface area contributed by atoms with Gasteiger partial charge in [0.2, 0.25) is 5.56 Å². The monoisotopic (exact) mass is 262 g/mol. The fourth-order valence-corrected chi connectivity index (χ4v) is 2.30. The van der Waals surface area contributed by atoms with Gasteiger partial charge in [0.25, 0.3) is 0 Å². The molecule has 0 aliphatic heterocycles. The summed E-state index contributed by atoms with van der Waals surface area (Å²) in [5.41, 5.74) is 3.57. The molecule has 0 radical (unpaired) electrons. The number of hydrogen-bond acceptors (Lipinski definition) is 3. The van der Waals surface area contributed by atoms with E-state index in [2.05, 4.69) is 21.1 Å². The summed E-state index contributed by atoms with van der Waals surface area (Å²) in [4.78, 5) is 18.3. The maximum atomic E-state index is 11.2. The van der Waals surface area contributed by atoms with Gasteiger partial charge in [-0.2, -0.15) is 5.10 Å². The number of H-pyrrole nitrogens is 1. The van der Waals surface area contributed by atoms with Crippen LogP contribution in [0.5, 0.6) is 0 Å². The van der Waals surface area contributed by atoms with Crippen LogP contribution in [0.15, 0.2) is 59.8 Å². The van der Waals surface area contributed by atoms with E-state index in [1.54, 1.807) is 18.5 Å². The Bertz CT molecular complexity index is 984. The molecule has 0 bridgehead atoms. The van der Waals surface area contributed by atoms with Crippen LogP contribution in [-0.4, -0.2) is 19.6 Å². The fraction of sp³-hybridized carbons (Fsp3) is 0. The first-order valence-corrected chi connectivity index (χ1v) is 6.22. The van der Waals surface area contributed by atoms with Crippen molar-refractivity contribution in [3.63, 3.8) is 0 Å². The molecule has 0 saturated heterocycles. The third-order valence-electron chi connectivity index (χ3n) is 3.31. The van der Waals surface area contributed by atoms with Crippen LogP contribution in [0, 0.1) is 0 Å². The quantitative estimate of drug-likeness (QED) is 0.572. The molecule has 96 valence electrons. The van der Waals surface area contributed by atoms with Crippen LogP contribution in [0.1, 0.15) is 0 Å². The maximum absolute atomic E-state index is 11.2. The van der Waals surface area contributed by atoms with E-state index in [1.165, 1.54) is 6.07 Å². The van der Waals surface area contributed by atoms with Gasteiger partial charge in [0.05, 0.1) is 5.52 Å². The molecule has 0 saturated carbocycles. The molecular weight excluding hydrogens is 252 g/mol. The van der Waals surface area contributed by atoms with Gasteiger partial charge in [-0.05, 0) is 35.9 Å². The van der Waals surface area contributed by atoms with Crippen molar-refractivity contribution < 1.29 is 0 Å². The lowest BCUT2D eigenvalue weighted by atomic mass is 10.1. The normalized spacial score (nSPS) is 11.2. The van der Waals surface area contributed by atoms with Crippen LogP contribution in [0.3, 0.4) is 0 Å². The minimum absolute atomic E-state index is 0.140. The van der Waals surface area contributed by atoms with Crippen LogP contribution in [-0.2, 0) is 0 Å². The number of nitrogens with zero attached hydrogens (tertiary/aromatic N) is 3. The Hall–Kier alpha value is -2.95. The highest BCUT2D eigenvalue weighted by Gasteiger charge is 2.03. The van der Waals surface area contributed by atoms with E-state index < -0.39 is 0 Å². The maximum Gasteiger partial charge on any atom is 0.249 e. The largest absolute Gasteiger partial charge is 0.307 e. The molecule has 4 heterocycles. The second-order valence-electron chi connectivity index (χ2n) is 4.60. The minimum atomic E-state index is -0.140. The summed E-state index contributed by atoms with van der Waals surface area (Å²) in [5, 5.41) is 5.09. The Balaban J connectivity index is 1.92. The number of aromatic nitrogens is 4. The zero-order valence-corrected chi connectivity index (χ0v) is 10.4. The Morgan fingerprint density at radius 2 is 2.00 bits per heavy atom. The number of hydrogen-bond donors (Lipinski definition) is 1. The zero-order chi connectivity index (χ0) is 13.5. The highest BCUT2D eigenvalue weighted by Crippen LogP contribution is 2.22. The summed E-state index contributed by atoms with van der Waals surface area (Å²) >= 11 is 0. The van der Waals surface area contributed by atoms with Gasteiger partial charge in [0.15, 0.2) is 0 Å². The third-order valence-corrected chi connectivity index (χ3v) is 3.31. The van der Waals surface area contributed by atoms with Gasteiger partial charge >= 0.3 is 0 Å². The standard InChI is InChI=1S/C15H10N4O/c20-14-2-1-11-7-12(9-16-15(11)18-14)10-4-6-19-13(8-10)3-5-17-19/h1-9H,(H,16,18,20). The van der Waals surface area contributed by atoms with Crippen LogP contribution in [0.25, 0.3) is 27.7 Å². The summed E-state index contributed by atoms with van der Waals surface area (Å²) < 4.78 is 1.81. The molecule has 0 aromatic carbocycles. The lowest BCUT2D eigenvalue weighted by Crippen LogP contribution is -2.03. The first-order chi connectivity index (χ1) is 9.79. The summed E-state index contributed by atoms with van der Waals surface area (Å²) in [6.07, 6.45) is 5.45. The Morgan fingerprint density at radius 3 is 2.95 bits per heavy atom. The lowest BCUT2D eigenvalue weighted by Gasteiger charge is -2.04. The van der Waals surface area contributed by atoms with Gasteiger partial charge in [-0.25, -0.2) is 9.50 Å². The van der Waals surface area contributed by atoms with Crippen LogP contribution < -0.4 is 5.56 Å². The topological polar surface area (TPSA) is 63.1 Å². The predicted molar refractivity (Wildman–Crippen MR) is 76.5 cm³/mol. The molecule has 0 unspecified atom stereocenters. The summed E-state index contributed by atoms with van der Waals surface area (Å²) in [5.74, 6) is 0. The van der Waals surface area contributed by atoms with Gasteiger partial charge < -0.3 is 4.98 Å². The first-order valence-electron chi connectivity index (χ1n) is 6.22. The predicted octanol–water partition coefficient (Wildman–Crippen LogP) is 2.24. The Kier molecular flexibility index (Phi) is 2.20. The van der Waals surface area contributed by atoms with E-state index in [0.717, 1.165) is 22.0 Å². The van der Waals surface area contributed by atoms with E-state index in [-0.39, 0.29) is 5.56 Å². The number of rotatable bonds is 1. The van der Waals surface area contributed by atoms with Gasteiger partial charge in [-0.15, -0.1) is 0 Å². The highest BCUT2D eigenvalue weighted by molar-refractivity contribution is 5.81. The smallest absolute Gasteiger partial charge is 0.249 e. The molecule has 0 atom stereocenters. The summed E-state index contributed by atoms with van der Waals surface area (Å²) in [6, 6.07) is 11.3. The summed E-state index contributed by atoms with van der Waals surface area (Å²) in [7, 11) is 0. The van der Waals surface area contributed by atoms with Crippen molar-refractivity contribution in [3.05, 3.63) is 65.3 Å². The van der Waals surface area contributed by atoms with Gasteiger partial charge in [0.1, 0.15) is 5.65 Å². The highest BCUT2D eigenvalue weighted by atomic mass is 16.1. The molecule has 4 aromatic heterocycles. The lowest BCUT2D eigenvalue weighted by molar-refractivity contribution is 0.962. The number of aromatic amines is 1. The third kappa shape index (κ3) is 1.68. The molecule has 0 aliphatic rings. The van der Waals surface area contributed by atoms with Crippen molar-refractivity contribution >= 4 is 16.6 Å². The van der Waals surface area contributed by atoms with E-state index in [9.17, 15) is 4.79 Å². The summed E-state index contributed by atoms with van der Waals surface area (Å²) in [6.45, 7) is 0. The van der Waals surface area contributed by atoms with Gasteiger partial charge in [-0.3, -0.25) is 4.79 Å². The van der Waals surface area contributed by atoms with Crippen LogP contribution >= 0.6 is 0 Å².